The summed E-state index contributed by atoms with van der Waals surface area (Å²) >= 11 is 0. The van der Waals surface area contributed by atoms with Gasteiger partial charge in [0.15, 0.2) is 0 Å². The Hall–Kier alpha value is -0.570. The number of rotatable bonds is 2. The summed E-state index contributed by atoms with van der Waals surface area (Å²) in [6, 6.07) is 0. The molecule has 0 aliphatic carbocycles. The molecule has 3 heteroatoms. The molecule has 28 valence electrons. The van der Waals surface area contributed by atoms with Crippen molar-refractivity contribution in [3.05, 3.63) is 0 Å². The van der Waals surface area contributed by atoms with Gasteiger partial charge in [0.1, 0.15) is 0 Å². The van der Waals surface area contributed by atoms with Crippen molar-refractivity contribution < 1.29 is 9.63 Å². The van der Waals surface area contributed by atoms with Gasteiger partial charge < -0.3 is 0 Å². The summed E-state index contributed by atoms with van der Waals surface area (Å²) in [5.74, 6) is 0. The average Bonchev–Trinajstić information content (AvgIpc) is 1.41. The van der Waals surface area contributed by atoms with E-state index in [0.29, 0.717) is 0 Å². The van der Waals surface area contributed by atoms with E-state index in [-0.39, 0.29) is 0 Å². The fourth-order valence-corrected chi connectivity index (χ4v) is 0.0373. The van der Waals surface area contributed by atoms with Gasteiger partial charge in [0.05, 0.1) is 7.11 Å². The van der Waals surface area contributed by atoms with Gasteiger partial charge in [-0.25, -0.2) is 0 Å². The molecule has 0 aromatic rings. The van der Waals surface area contributed by atoms with Crippen LogP contribution >= 0.6 is 0 Å². The number of hydrogen-bond donors (Lipinski definition) is 0. The van der Waals surface area contributed by atoms with Crippen molar-refractivity contribution in [2.24, 2.45) is 0 Å². The molecule has 0 atom stereocenters. The summed E-state index contributed by atoms with van der Waals surface area (Å²) in [6.45, 7) is 0. The molecule has 0 aliphatic heterocycles. The molecule has 0 N–H and O–H groups in total. The minimum Gasteiger partial charge on any atom is -0.259 e. The third-order valence-electron chi connectivity index (χ3n) is 0.129. The van der Waals surface area contributed by atoms with Crippen molar-refractivity contribution in [1.29, 1.82) is 0 Å². The monoisotopic (exact) mass is 73.0 g/mol. The molecule has 0 bridgehead atoms. The van der Waals surface area contributed by atoms with Gasteiger partial charge >= 0.3 is 6.41 Å². The summed E-state index contributed by atoms with van der Waals surface area (Å²) in [7, 11) is 1.28. The van der Waals surface area contributed by atoms with Crippen LogP contribution in [0.5, 0.6) is 0 Å². The Kier molecular flexibility index (Phi) is 3.04. The quantitative estimate of drug-likeness (QED) is 0.402. The predicted octanol–water partition coefficient (Wildman–Crippen LogP) is -0.781. The Morgan fingerprint density at radius 3 is 2.60 bits per heavy atom. The third-order valence-corrected chi connectivity index (χ3v) is 0.129. The lowest BCUT2D eigenvalue weighted by Gasteiger charge is -1.73. The Balaban J connectivity index is 2.40. The molecule has 0 aromatic heterocycles. The van der Waals surface area contributed by atoms with Gasteiger partial charge in [-0.15, -0.1) is 0 Å². The third kappa shape index (κ3) is 3.43. The maximum atomic E-state index is 8.99. The maximum absolute atomic E-state index is 8.99. The molecule has 0 fully saturated rings. The Morgan fingerprint density at radius 1 is 2.00 bits per heavy atom. The lowest BCUT2D eigenvalue weighted by atomic mass is 11.4. The Bertz CT molecular complexity index is 28.8. The molecule has 0 saturated heterocycles. The predicted molar refractivity (Wildman–Crippen MR) is 14.8 cm³/mol. The summed E-state index contributed by atoms with van der Waals surface area (Å²) in [5.41, 5.74) is 2.67. The SMILES string of the molecule is CO[N][C]=O. The first kappa shape index (κ1) is 4.43. The maximum Gasteiger partial charge on any atom is 0.361 e. The minimum absolute atomic E-state index is 1.17. The van der Waals surface area contributed by atoms with Crippen LogP contribution in [0.25, 0.3) is 0 Å². The second kappa shape index (κ2) is 3.43. The molecule has 0 aromatic carbocycles. The lowest BCUT2D eigenvalue weighted by molar-refractivity contribution is 0.132. The first-order valence-electron chi connectivity index (χ1n) is 1.02. The van der Waals surface area contributed by atoms with Gasteiger partial charge in [-0.2, -0.15) is 0 Å². The van der Waals surface area contributed by atoms with E-state index in [0.717, 1.165) is 0 Å². The number of amides is 1. The number of nitrogens with zero attached hydrogens (tertiary/aromatic N) is 1. The van der Waals surface area contributed by atoms with E-state index in [1.165, 1.54) is 13.5 Å². The largest absolute Gasteiger partial charge is 0.361 e. The van der Waals surface area contributed by atoms with Gasteiger partial charge in [-0.05, 0) is 0 Å². The van der Waals surface area contributed by atoms with Gasteiger partial charge in [0, 0.05) is 0 Å². The zero-order chi connectivity index (χ0) is 4.12. The highest BCUT2D eigenvalue weighted by Gasteiger charge is 1.66. The van der Waals surface area contributed by atoms with Gasteiger partial charge in [0.2, 0.25) is 0 Å². The van der Waals surface area contributed by atoms with Crippen LogP contribution in [-0.4, -0.2) is 13.5 Å². The van der Waals surface area contributed by atoms with Crippen LogP contribution in [0.3, 0.4) is 0 Å². The summed E-state index contributed by atoms with van der Waals surface area (Å²) < 4.78 is 0. The Labute approximate surface area is 29.9 Å². The van der Waals surface area contributed by atoms with Gasteiger partial charge in [-0.3, -0.25) is 9.63 Å². The summed E-state index contributed by atoms with van der Waals surface area (Å²) in [5, 5.41) is 0. The molecule has 0 unspecified atom stereocenters. The zero-order valence-corrected chi connectivity index (χ0v) is 2.76. The second-order valence-corrected chi connectivity index (χ2v) is 0.365. The first-order chi connectivity index (χ1) is 2.41. The summed E-state index contributed by atoms with van der Waals surface area (Å²) in [6.07, 6.45) is 1.17. The van der Waals surface area contributed by atoms with Crippen LogP contribution in [-0.2, 0) is 9.63 Å². The molecular formula is C2H3NO2. The van der Waals surface area contributed by atoms with Crippen molar-refractivity contribution >= 4 is 6.41 Å². The standard InChI is InChI=1S/C2H3NO2/c1-5-3-2-4/h1H3. The van der Waals surface area contributed by atoms with Crippen LogP contribution in [0.15, 0.2) is 0 Å². The molecule has 0 saturated carbocycles. The molecule has 5 heavy (non-hydrogen) atoms. The average molecular weight is 73.1 g/mol. The van der Waals surface area contributed by atoms with E-state index in [1.54, 1.807) is 0 Å². The van der Waals surface area contributed by atoms with Crippen LogP contribution < -0.4 is 5.48 Å². The van der Waals surface area contributed by atoms with Crippen LogP contribution in [0.4, 0.5) is 0 Å². The van der Waals surface area contributed by atoms with Crippen molar-refractivity contribution in [1.82, 2.24) is 5.48 Å². The minimum atomic E-state index is 1.17. The van der Waals surface area contributed by atoms with Crippen LogP contribution in [0, 0.1) is 0 Å². The first-order valence-corrected chi connectivity index (χ1v) is 1.02. The zero-order valence-electron chi connectivity index (χ0n) is 2.76. The molecule has 0 heterocycles. The molecule has 0 rings (SSSR count). The topological polar surface area (TPSA) is 40.4 Å². The molecule has 3 nitrogen and oxygen atoms in total. The number of hydrogen-bond acceptors (Lipinski definition) is 2. The van der Waals surface area contributed by atoms with Gasteiger partial charge in [-0.1, -0.05) is 5.48 Å². The van der Waals surface area contributed by atoms with Crippen molar-refractivity contribution in [3.8, 4) is 0 Å². The van der Waals surface area contributed by atoms with Crippen LogP contribution in [0.2, 0.25) is 0 Å². The fraction of sp³-hybridized carbons (Fsp3) is 0.500. The van der Waals surface area contributed by atoms with E-state index in [1.807, 2.05) is 0 Å². The summed E-state index contributed by atoms with van der Waals surface area (Å²) in [4.78, 5) is 12.9. The van der Waals surface area contributed by atoms with Crippen LogP contribution in [0.1, 0.15) is 0 Å². The molecule has 0 aliphatic rings. The fourth-order valence-electron chi connectivity index (χ4n) is 0.0373. The van der Waals surface area contributed by atoms with E-state index in [2.05, 4.69) is 10.3 Å². The molecule has 0 spiro atoms. The van der Waals surface area contributed by atoms with E-state index in [4.69, 9.17) is 4.79 Å². The highest BCUT2D eigenvalue weighted by atomic mass is 16.6. The second-order valence-electron chi connectivity index (χ2n) is 0.365. The van der Waals surface area contributed by atoms with Crippen molar-refractivity contribution in [2.45, 2.75) is 0 Å². The normalized spacial score (nSPS) is 6.60. The molecule has 2 radical (unpaired) electrons. The lowest BCUT2D eigenvalue weighted by Crippen LogP contribution is -1.95. The smallest absolute Gasteiger partial charge is 0.259 e. The van der Waals surface area contributed by atoms with E-state index < -0.39 is 0 Å². The number of carbonyl (C=O) groups excluding carboxylic acids is 1. The van der Waals surface area contributed by atoms with E-state index in [9.17, 15) is 0 Å². The molecular weight excluding hydrogens is 70.0 g/mol. The van der Waals surface area contributed by atoms with Gasteiger partial charge in [0.25, 0.3) is 0 Å². The number of hydroxylamine groups is 1. The Morgan fingerprint density at radius 2 is 2.60 bits per heavy atom. The van der Waals surface area contributed by atoms with E-state index >= 15 is 0 Å². The highest BCUT2D eigenvalue weighted by molar-refractivity contribution is 5.44. The van der Waals surface area contributed by atoms with Crippen molar-refractivity contribution in [2.75, 3.05) is 7.11 Å². The van der Waals surface area contributed by atoms with Crippen molar-refractivity contribution in [3.63, 3.8) is 0 Å². The highest BCUT2D eigenvalue weighted by Crippen LogP contribution is 1.41. The molecule has 1 amide bonds.